The van der Waals surface area contributed by atoms with Gasteiger partial charge in [-0.3, -0.25) is 0 Å². The molecule has 11 atom stereocenters. The maximum atomic E-state index is 14.1. The average molecular weight is 859 g/mol. The van der Waals surface area contributed by atoms with E-state index in [4.69, 9.17) is 52.1 Å². The van der Waals surface area contributed by atoms with E-state index in [-0.39, 0.29) is 28.9 Å². The number of carbonyl (C=O) groups excluding carboxylic acids is 4. The smallest absolute Gasteiger partial charge is 0.338 e. The third-order valence-electron chi connectivity index (χ3n) is 11.0. The maximum Gasteiger partial charge on any atom is 0.338 e. The van der Waals surface area contributed by atoms with Crippen molar-refractivity contribution >= 4 is 23.9 Å². The fourth-order valence-electron chi connectivity index (χ4n) is 7.83. The predicted octanol–water partition coefficient (Wildman–Crippen LogP) is 5.88. The van der Waals surface area contributed by atoms with E-state index >= 15 is 0 Å². The number of methoxy groups -OCH3 is 1. The van der Waals surface area contributed by atoms with Gasteiger partial charge in [-0.25, -0.2) is 19.2 Å². The minimum atomic E-state index is -1.63. The van der Waals surface area contributed by atoms with E-state index in [1.165, 1.54) is 12.1 Å². The lowest BCUT2D eigenvalue weighted by molar-refractivity contribution is -0.329. The molecule has 15 nitrogen and oxygen atoms in total. The Morgan fingerprint density at radius 3 is 1.56 bits per heavy atom. The van der Waals surface area contributed by atoms with Gasteiger partial charge in [-0.05, 0) is 60.7 Å². The second kappa shape index (κ2) is 18.9. The zero-order chi connectivity index (χ0) is 43.3. The molecule has 0 aromatic heterocycles. The highest BCUT2D eigenvalue weighted by molar-refractivity contribution is 5.91. The second-order valence-corrected chi connectivity index (χ2v) is 15.0. The summed E-state index contributed by atoms with van der Waals surface area (Å²) in [5.74, 6) is -2.56. The fraction of sp³-hybridized carbons (Fsp3) is 0.292. The van der Waals surface area contributed by atoms with Gasteiger partial charge in [0.05, 0.1) is 36.0 Å². The number of benzene rings is 5. The van der Waals surface area contributed by atoms with Crippen LogP contribution in [0.1, 0.15) is 53.3 Å². The third kappa shape index (κ3) is 9.20. The standard InChI is InChI=1S/C48H42O15/c1-53-33-24-22-32(23-25-33)46-62-39-37(35-27-55-47(56-35)40(39)63-46)61-48-41(60-45(52)31-20-12-5-13-21-31)38(59-44(51)30-18-10-4-11-19-30)36(58-43(50)29-16-8-3-9-17-29)34(57-48)26-54-42(49)28-14-6-2-7-15-28/h2-25,34-41,46-48H,26-27H2,1H3/t34-,35-,36+,37-,38+,39+,40+,41-,46+,47-,48+/m1/s1. The Kier molecular flexibility index (Phi) is 12.5. The molecule has 5 aromatic rings. The van der Waals surface area contributed by atoms with Crippen LogP contribution >= 0.6 is 0 Å². The van der Waals surface area contributed by atoms with Crippen molar-refractivity contribution in [2.75, 3.05) is 20.3 Å². The van der Waals surface area contributed by atoms with Crippen LogP contribution in [0, 0.1) is 0 Å². The van der Waals surface area contributed by atoms with Crippen LogP contribution in [0.5, 0.6) is 5.75 Å². The molecule has 0 N–H and O–H groups in total. The van der Waals surface area contributed by atoms with E-state index in [9.17, 15) is 19.2 Å². The molecule has 324 valence electrons. The highest BCUT2D eigenvalue weighted by atomic mass is 16.8. The van der Waals surface area contributed by atoms with Crippen molar-refractivity contribution in [3.8, 4) is 5.75 Å². The first-order chi connectivity index (χ1) is 30.8. The largest absolute Gasteiger partial charge is 0.497 e. The minimum absolute atomic E-state index is 0.0886. The lowest BCUT2D eigenvalue weighted by Gasteiger charge is -2.46. The molecule has 0 spiro atoms. The Hall–Kier alpha value is -6.46. The quantitative estimate of drug-likeness (QED) is 0.102. The molecular weight excluding hydrogens is 817 g/mol. The minimum Gasteiger partial charge on any atom is -0.497 e. The molecule has 0 aliphatic carbocycles. The van der Waals surface area contributed by atoms with Gasteiger partial charge in [-0.15, -0.1) is 0 Å². The summed E-state index contributed by atoms with van der Waals surface area (Å²) in [7, 11) is 1.57. The molecule has 15 heteroatoms. The van der Waals surface area contributed by atoms with E-state index < -0.39 is 98.2 Å². The van der Waals surface area contributed by atoms with Crippen LogP contribution in [-0.4, -0.2) is 106 Å². The first kappa shape index (κ1) is 41.9. The van der Waals surface area contributed by atoms with E-state index in [2.05, 4.69) is 0 Å². The van der Waals surface area contributed by atoms with Gasteiger partial charge < -0.3 is 52.1 Å². The van der Waals surface area contributed by atoms with Crippen molar-refractivity contribution < 1.29 is 71.3 Å². The van der Waals surface area contributed by atoms with Gasteiger partial charge in [0, 0.05) is 5.56 Å². The number of ether oxygens (including phenoxy) is 11. The fourth-order valence-corrected chi connectivity index (χ4v) is 7.83. The van der Waals surface area contributed by atoms with Crippen LogP contribution in [0.25, 0.3) is 0 Å². The van der Waals surface area contributed by atoms with Crippen LogP contribution in [0.15, 0.2) is 146 Å². The summed E-state index contributed by atoms with van der Waals surface area (Å²) in [5, 5.41) is 0. The molecule has 63 heavy (non-hydrogen) atoms. The van der Waals surface area contributed by atoms with Gasteiger partial charge in [0.1, 0.15) is 42.9 Å². The first-order valence-corrected chi connectivity index (χ1v) is 20.4. The highest BCUT2D eigenvalue weighted by Crippen LogP contribution is 2.44. The molecule has 0 amide bonds. The van der Waals surface area contributed by atoms with Crippen molar-refractivity contribution in [3.63, 3.8) is 0 Å². The first-order valence-electron chi connectivity index (χ1n) is 20.4. The molecular formula is C48H42O15. The molecule has 0 unspecified atom stereocenters. The van der Waals surface area contributed by atoms with Crippen molar-refractivity contribution in [2.24, 2.45) is 0 Å². The van der Waals surface area contributed by atoms with Gasteiger partial charge in [-0.2, -0.15) is 0 Å². The van der Waals surface area contributed by atoms with Gasteiger partial charge in [0.2, 0.25) is 0 Å². The monoisotopic (exact) mass is 858 g/mol. The van der Waals surface area contributed by atoms with Crippen molar-refractivity contribution in [1.82, 2.24) is 0 Å². The topological polar surface area (TPSA) is 170 Å². The average Bonchev–Trinajstić information content (AvgIpc) is 3.99. The number of carbonyl (C=O) groups is 4. The third-order valence-corrected chi connectivity index (χ3v) is 11.0. The number of esters is 4. The van der Waals surface area contributed by atoms with E-state index in [0.29, 0.717) is 11.3 Å². The highest BCUT2D eigenvalue weighted by Gasteiger charge is 2.61. The Balaban J connectivity index is 1.10. The van der Waals surface area contributed by atoms with Crippen molar-refractivity contribution in [2.45, 2.75) is 67.7 Å². The number of hydrogen-bond donors (Lipinski definition) is 0. The van der Waals surface area contributed by atoms with Crippen LogP contribution < -0.4 is 4.74 Å². The predicted molar refractivity (Wildman–Crippen MR) is 217 cm³/mol. The Morgan fingerprint density at radius 2 is 1.02 bits per heavy atom. The van der Waals surface area contributed by atoms with Crippen LogP contribution in [0.2, 0.25) is 0 Å². The van der Waals surface area contributed by atoms with Crippen molar-refractivity contribution in [3.05, 3.63) is 173 Å². The number of rotatable bonds is 13. The molecule has 9 rings (SSSR count). The summed E-state index contributed by atoms with van der Waals surface area (Å²) in [6.45, 7) is -0.439. The Morgan fingerprint density at radius 1 is 0.524 bits per heavy atom. The summed E-state index contributed by atoms with van der Waals surface area (Å²) < 4.78 is 68.3. The summed E-state index contributed by atoms with van der Waals surface area (Å²) in [6, 6.07) is 39.8. The second-order valence-electron chi connectivity index (χ2n) is 15.0. The normalized spacial score (nSPS) is 28.2. The van der Waals surface area contributed by atoms with Gasteiger partial charge in [-0.1, -0.05) is 84.9 Å². The van der Waals surface area contributed by atoms with Crippen LogP contribution in [0.4, 0.5) is 0 Å². The molecule has 4 saturated heterocycles. The van der Waals surface area contributed by atoms with Gasteiger partial charge in [0.25, 0.3) is 0 Å². The van der Waals surface area contributed by atoms with Gasteiger partial charge >= 0.3 is 23.9 Å². The summed E-state index contributed by atoms with van der Waals surface area (Å²) in [5.41, 5.74) is 1.40. The molecule has 0 saturated carbocycles. The molecule has 4 aliphatic heterocycles. The lowest BCUT2D eigenvalue weighted by Crippen LogP contribution is -2.65. The summed E-state index contributed by atoms with van der Waals surface area (Å²) in [6.07, 6.45) is -12.7. The van der Waals surface area contributed by atoms with E-state index in [0.717, 1.165) is 0 Å². The molecule has 2 bridgehead atoms. The maximum absolute atomic E-state index is 14.1. The van der Waals surface area contributed by atoms with E-state index in [1.54, 1.807) is 128 Å². The number of fused-ring (bicyclic) bond motifs is 4. The van der Waals surface area contributed by atoms with E-state index in [1.807, 2.05) is 12.1 Å². The zero-order valence-electron chi connectivity index (χ0n) is 33.7. The molecule has 0 radical (unpaired) electrons. The Labute approximate surface area is 361 Å². The molecule has 4 fully saturated rings. The SMILES string of the molecule is COc1ccc([C@H]2O[C@@H]3[C@H](O2)[C@@H]2OC[C@@H](O2)[C@H]3O[C@@H]2O[C@H](COC(=O)c3ccccc3)[C@H](OC(=O)c3ccccc3)[C@H](OC(=O)c3ccccc3)[C@H]2OC(=O)c2ccccc2)cc1. The van der Waals surface area contributed by atoms with Crippen LogP contribution in [0.3, 0.4) is 0 Å². The van der Waals surface area contributed by atoms with Crippen molar-refractivity contribution in [1.29, 1.82) is 0 Å². The zero-order valence-corrected chi connectivity index (χ0v) is 33.7. The summed E-state index contributed by atoms with van der Waals surface area (Å²) in [4.78, 5) is 55.5. The lowest BCUT2D eigenvalue weighted by atomic mass is 9.96. The van der Waals surface area contributed by atoms with Crippen LogP contribution in [-0.2, 0) is 47.4 Å². The number of hydrogen-bond acceptors (Lipinski definition) is 15. The molecule has 4 heterocycles. The molecule has 4 aliphatic rings. The Bertz CT molecular complexity index is 2350. The summed E-state index contributed by atoms with van der Waals surface area (Å²) >= 11 is 0. The van der Waals surface area contributed by atoms with Gasteiger partial charge in [0.15, 0.2) is 37.2 Å². The molecule has 5 aromatic carbocycles.